The SMILES string of the molecule is CN(C)[C@@H]1C(=O)C(C(N)=O)=C(O)[C@@]2(O)C(=O)C3=C(O)c4c(O)cc(CN5CCC[C@H]5C(F)(F)F)c(C(F)(F)F)c4C[C@H]3C[C@@H]12. The second-order valence-electron chi connectivity index (χ2n) is 11.9. The number of nitrogens with two attached hydrogens (primary N) is 1. The lowest BCUT2D eigenvalue weighted by Crippen LogP contribution is -2.65. The fraction of sp³-hybridized carbons (Fsp3) is 0.536. The van der Waals surface area contributed by atoms with Crippen molar-refractivity contribution < 1.29 is 61.2 Å². The Labute approximate surface area is 246 Å². The average molecular weight is 634 g/mol. The number of primary amides is 1. The molecular formula is C28H29F6N3O7. The summed E-state index contributed by atoms with van der Waals surface area (Å²) >= 11 is 0. The molecule has 4 aliphatic rings. The summed E-state index contributed by atoms with van der Waals surface area (Å²) in [7, 11) is 2.73. The maximum atomic E-state index is 14.7. The number of aliphatic hydroxyl groups excluding tert-OH is 2. The second-order valence-corrected chi connectivity index (χ2v) is 11.9. The van der Waals surface area contributed by atoms with Crippen molar-refractivity contribution in [1.29, 1.82) is 0 Å². The van der Waals surface area contributed by atoms with E-state index >= 15 is 0 Å². The zero-order valence-corrected chi connectivity index (χ0v) is 23.4. The molecule has 0 radical (unpaired) electrons. The van der Waals surface area contributed by atoms with Gasteiger partial charge in [-0.3, -0.25) is 24.2 Å². The Morgan fingerprint density at radius 3 is 2.32 bits per heavy atom. The van der Waals surface area contributed by atoms with Gasteiger partial charge in [-0.1, -0.05) is 0 Å². The summed E-state index contributed by atoms with van der Waals surface area (Å²) in [6, 6.07) is -2.84. The maximum absolute atomic E-state index is 14.7. The summed E-state index contributed by atoms with van der Waals surface area (Å²) in [5.74, 6) is -10.1. The number of fused-ring (bicyclic) bond motifs is 3. The number of phenols is 1. The maximum Gasteiger partial charge on any atom is 0.417 e. The van der Waals surface area contributed by atoms with Gasteiger partial charge in [-0.05, 0) is 69.4 Å². The van der Waals surface area contributed by atoms with Crippen LogP contribution in [0.4, 0.5) is 26.3 Å². The highest BCUT2D eigenvalue weighted by molar-refractivity contribution is 6.24. The number of halogens is 6. The molecule has 0 spiro atoms. The molecular weight excluding hydrogens is 604 g/mol. The van der Waals surface area contributed by atoms with E-state index in [4.69, 9.17) is 5.73 Å². The number of aliphatic hydroxyl groups is 3. The van der Waals surface area contributed by atoms with Crippen molar-refractivity contribution in [3.8, 4) is 5.75 Å². The van der Waals surface area contributed by atoms with Crippen molar-refractivity contribution in [2.75, 3.05) is 20.6 Å². The molecule has 1 saturated heterocycles. The van der Waals surface area contributed by atoms with Crippen LogP contribution in [0.15, 0.2) is 23.0 Å². The largest absolute Gasteiger partial charge is 0.508 e. The van der Waals surface area contributed by atoms with Gasteiger partial charge in [-0.25, -0.2) is 0 Å². The fourth-order valence-corrected chi connectivity index (χ4v) is 7.47. The Hall–Kier alpha value is -3.63. The minimum Gasteiger partial charge on any atom is -0.508 e. The predicted octanol–water partition coefficient (Wildman–Crippen LogP) is 2.51. The number of rotatable bonds is 4. The van der Waals surface area contributed by atoms with Crippen molar-refractivity contribution in [2.45, 2.75) is 62.3 Å². The van der Waals surface area contributed by atoms with Crippen molar-refractivity contribution in [3.05, 3.63) is 45.2 Å². The molecule has 44 heavy (non-hydrogen) atoms. The first-order chi connectivity index (χ1) is 20.2. The van der Waals surface area contributed by atoms with E-state index in [1.807, 2.05) is 0 Å². The zero-order chi connectivity index (χ0) is 32.8. The minimum atomic E-state index is -5.16. The van der Waals surface area contributed by atoms with E-state index in [2.05, 4.69) is 0 Å². The van der Waals surface area contributed by atoms with Gasteiger partial charge in [0.25, 0.3) is 5.91 Å². The molecule has 0 unspecified atom stereocenters. The number of ketones is 2. The van der Waals surface area contributed by atoms with E-state index in [0.717, 1.165) is 4.90 Å². The highest BCUT2D eigenvalue weighted by Gasteiger charge is 2.64. The molecule has 0 aromatic heterocycles. The van der Waals surface area contributed by atoms with Crippen LogP contribution in [0.3, 0.4) is 0 Å². The molecule has 1 aliphatic heterocycles. The highest BCUT2D eigenvalue weighted by Crippen LogP contribution is 2.54. The van der Waals surface area contributed by atoms with Crippen LogP contribution in [0.25, 0.3) is 5.76 Å². The molecule has 3 aliphatic carbocycles. The molecule has 1 saturated carbocycles. The van der Waals surface area contributed by atoms with Gasteiger partial charge in [-0.2, -0.15) is 26.3 Å². The second kappa shape index (κ2) is 10.2. The van der Waals surface area contributed by atoms with Crippen LogP contribution in [0, 0.1) is 11.8 Å². The monoisotopic (exact) mass is 633 g/mol. The summed E-state index contributed by atoms with van der Waals surface area (Å²) in [4.78, 5) is 41.2. The number of Topliss-reactive ketones (excluding diaryl/α,β-unsaturated/α-hetero) is 2. The van der Waals surface area contributed by atoms with Crippen molar-refractivity contribution in [3.63, 3.8) is 0 Å². The van der Waals surface area contributed by atoms with Crippen LogP contribution < -0.4 is 5.73 Å². The molecule has 16 heteroatoms. The van der Waals surface area contributed by atoms with E-state index in [0.29, 0.717) is 6.07 Å². The average Bonchev–Trinajstić information content (AvgIpc) is 3.33. The lowest BCUT2D eigenvalue weighted by molar-refractivity contribution is -0.177. The molecule has 240 valence electrons. The van der Waals surface area contributed by atoms with Gasteiger partial charge in [0.05, 0.1) is 17.2 Å². The van der Waals surface area contributed by atoms with Gasteiger partial charge >= 0.3 is 12.4 Å². The van der Waals surface area contributed by atoms with Crippen LogP contribution in [-0.4, -0.2) is 92.2 Å². The normalized spacial score (nSPS) is 29.7. The lowest BCUT2D eigenvalue weighted by atomic mass is 9.57. The van der Waals surface area contributed by atoms with E-state index in [-0.39, 0.29) is 19.4 Å². The topological polar surface area (TPSA) is 165 Å². The third-order valence-electron chi connectivity index (χ3n) is 9.20. The quantitative estimate of drug-likeness (QED) is 0.248. The number of likely N-dealkylation sites (N-methyl/N-ethyl adjacent to an activating group) is 1. The lowest BCUT2D eigenvalue weighted by Gasteiger charge is -2.50. The first kappa shape index (κ1) is 31.8. The molecule has 1 amide bonds. The number of amides is 1. The number of carbonyl (C=O) groups is 3. The van der Waals surface area contributed by atoms with Gasteiger partial charge in [0.15, 0.2) is 11.4 Å². The summed E-state index contributed by atoms with van der Waals surface area (Å²) in [5, 5.41) is 44.5. The smallest absolute Gasteiger partial charge is 0.417 e. The van der Waals surface area contributed by atoms with Crippen LogP contribution >= 0.6 is 0 Å². The minimum absolute atomic E-state index is 0.0916. The molecule has 5 atom stereocenters. The van der Waals surface area contributed by atoms with Gasteiger partial charge in [0.1, 0.15) is 28.9 Å². The summed E-state index contributed by atoms with van der Waals surface area (Å²) in [5.41, 5.74) is -2.92. The molecule has 2 fully saturated rings. The van der Waals surface area contributed by atoms with Crippen molar-refractivity contribution in [1.82, 2.24) is 9.80 Å². The number of aromatic hydroxyl groups is 1. The van der Waals surface area contributed by atoms with Crippen molar-refractivity contribution >= 4 is 23.2 Å². The Bertz CT molecular complexity index is 1530. The number of phenolic OH excluding ortho intramolecular Hbond substituents is 1. The Morgan fingerprint density at radius 1 is 1.14 bits per heavy atom. The van der Waals surface area contributed by atoms with Gasteiger partial charge in [-0.15, -0.1) is 0 Å². The number of carbonyl (C=O) groups excluding carboxylic acids is 3. The van der Waals surface area contributed by atoms with Gasteiger partial charge in [0, 0.05) is 18.0 Å². The Morgan fingerprint density at radius 2 is 1.77 bits per heavy atom. The van der Waals surface area contributed by atoms with Gasteiger partial charge < -0.3 is 26.2 Å². The highest BCUT2D eigenvalue weighted by atomic mass is 19.4. The van der Waals surface area contributed by atoms with E-state index in [9.17, 15) is 61.2 Å². The first-order valence-electron chi connectivity index (χ1n) is 13.6. The molecule has 0 bridgehead atoms. The van der Waals surface area contributed by atoms with Crippen LogP contribution in [0.2, 0.25) is 0 Å². The molecule has 6 N–H and O–H groups in total. The van der Waals surface area contributed by atoms with E-state index < -0.39 is 129 Å². The number of nitrogens with zero attached hydrogens (tertiary/aromatic N) is 2. The van der Waals surface area contributed by atoms with E-state index in [1.165, 1.54) is 19.0 Å². The summed E-state index contributed by atoms with van der Waals surface area (Å²) < 4.78 is 84.7. The van der Waals surface area contributed by atoms with E-state index in [1.54, 1.807) is 0 Å². The van der Waals surface area contributed by atoms with Crippen LogP contribution in [0.1, 0.15) is 41.5 Å². The molecule has 1 aromatic rings. The first-order valence-corrected chi connectivity index (χ1v) is 13.6. The number of hydrogen-bond donors (Lipinski definition) is 5. The molecule has 10 nitrogen and oxygen atoms in total. The Balaban J connectivity index is 1.70. The molecule has 5 rings (SSSR count). The number of benzene rings is 1. The third-order valence-corrected chi connectivity index (χ3v) is 9.20. The number of likely N-dealkylation sites (tertiary alicyclic amines) is 1. The van der Waals surface area contributed by atoms with Gasteiger partial charge in [0.2, 0.25) is 5.78 Å². The zero-order valence-electron chi connectivity index (χ0n) is 23.4. The van der Waals surface area contributed by atoms with Crippen LogP contribution in [0.5, 0.6) is 5.75 Å². The predicted molar refractivity (Wildman–Crippen MR) is 139 cm³/mol. The molecule has 1 heterocycles. The fourth-order valence-electron chi connectivity index (χ4n) is 7.47. The number of hydrogen-bond acceptors (Lipinski definition) is 9. The summed E-state index contributed by atoms with van der Waals surface area (Å²) in [6.07, 6.45) is -11.2. The standard InChI is InChI=1S/C28H29F6N3O7/c1-36(2)20-13-7-10-6-12-17(21(39)16(10)23(41)26(13,44)24(42)18(22(20)40)25(35)43)14(38)8-11(19(12)28(32,33)34)9-37-5-3-4-15(37)27(29,30)31/h8,10,13,15,20,38-39,42,44H,3-7,9H2,1-2H3,(H2,35,43)/t10-,13-,15-,20-,26-/m0/s1. The van der Waals surface area contributed by atoms with Crippen molar-refractivity contribution in [2.24, 2.45) is 17.6 Å². The number of alkyl halides is 6. The third kappa shape index (κ3) is 4.56. The van der Waals surface area contributed by atoms with Crippen LogP contribution in [-0.2, 0) is 33.5 Å². The molecule has 1 aromatic carbocycles. The summed E-state index contributed by atoms with van der Waals surface area (Å²) in [6.45, 7) is -0.953. The Kier molecular flexibility index (Phi) is 7.37.